The quantitative estimate of drug-likeness (QED) is 0.808. The van der Waals surface area contributed by atoms with Crippen molar-refractivity contribution in [3.63, 3.8) is 0 Å². The van der Waals surface area contributed by atoms with Gasteiger partial charge >= 0.3 is 0 Å². The first-order chi connectivity index (χ1) is 8.58. The number of hydrogen-bond donors (Lipinski definition) is 2. The molecule has 0 spiro atoms. The number of amides is 1. The standard InChI is InChI=1S/C14H22N2O2/c1-10(9-15-3)14(17)16-11(2)12-5-7-13(18-4)8-6-12/h5-8,10-11,15H,9H2,1-4H3,(H,16,17). The van der Waals surface area contributed by atoms with Gasteiger partial charge < -0.3 is 15.4 Å². The van der Waals surface area contributed by atoms with E-state index in [1.807, 2.05) is 45.2 Å². The first-order valence-electron chi connectivity index (χ1n) is 6.17. The van der Waals surface area contributed by atoms with Crippen LogP contribution in [0.25, 0.3) is 0 Å². The summed E-state index contributed by atoms with van der Waals surface area (Å²) < 4.78 is 5.10. The van der Waals surface area contributed by atoms with Crippen LogP contribution in [0.4, 0.5) is 0 Å². The van der Waals surface area contributed by atoms with Gasteiger partial charge in [-0.15, -0.1) is 0 Å². The average Bonchev–Trinajstić information content (AvgIpc) is 2.39. The Labute approximate surface area is 109 Å². The van der Waals surface area contributed by atoms with Crippen molar-refractivity contribution >= 4 is 5.91 Å². The van der Waals surface area contributed by atoms with Gasteiger partial charge in [-0.2, -0.15) is 0 Å². The lowest BCUT2D eigenvalue weighted by molar-refractivity contribution is -0.125. The van der Waals surface area contributed by atoms with E-state index in [9.17, 15) is 4.79 Å². The van der Waals surface area contributed by atoms with E-state index in [1.54, 1.807) is 7.11 Å². The van der Waals surface area contributed by atoms with Crippen LogP contribution in [0.3, 0.4) is 0 Å². The van der Waals surface area contributed by atoms with Crippen LogP contribution in [-0.2, 0) is 4.79 Å². The van der Waals surface area contributed by atoms with Gasteiger partial charge in [-0.3, -0.25) is 4.79 Å². The third-order valence-corrected chi connectivity index (χ3v) is 2.93. The molecule has 0 saturated carbocycles. The van der Waals surface area contributed by atoms with Gasteiger partial charge in [-0.1, -0.05) is 19.1 Å². The summed E-state index contributed by atoms with van der Waals surface area (Å²) in [5, 5.41) is 6.00. The molecule has 0 heterocycles. The molecule has 1 rings (SSSR count). The third-order valence-electron chi connectivity index (χ3n) is 2.93. The smallest absolute Gasteiger partial charge is 0.224 e. The second-order valence-corrected chi connectivity index (χ2v) is 4.46. The maximum absolute atomic E-state index is 11.9. The predicted octanol–water partition coefficient (Wildman–Crippen LogP) is 1.73. The molecule has 2 atom stereocenters. The Morgan fingerprint density at radius 2 is 1.89 bits per heavy atom. The van der Waals surface area contributed by atoms with Gasteiger partial charge in [0.1, 0.15) is 5.75 Å². The molecule has 0 fully saturated rings. The second-order valence-electron chi connectivity index (χ2n) is 4.46. The normalized spacial score (nSPS) is 13.8. The molecule has 0 aromatic heterocycles. The molecule has 0 aliphatic rings. The molecule has 100 valence electrons. The van der Waals surface area contributed by atoms with Crippen LogP contribution in [0.5, 0.6) is 5.75 Å². The van der Waals surface area contributed by atoms with E-state index in [1.165, 1.54) is 0 Å². The highest BCUT2D eigenvalue weighted by Crippen LogP contribution is 2.17. The van der Waals surface area contributed by atoms with Crippen LogP contribution in [-0.4, -0.2) is 26.6 Å². The van der Waals surface area contributed by atoms with Gasteiger partial charge in [0.2, 0.25) is 5.91 Å². The Kier molecular flexibility index (Phi) is 5.65. The van der Waals surface area contributed by atoms with E-state index in [-0.39, 0.29) is 17.9 Å². The highest BCUT2D eigenvalue weighted by atomic mass is 16.5. The van der Waals surface area contributed by atoms with Crippen molar-refractivity contribution in [1.82, 2.24) is 10.6 Å². The number of hydrogen-bond acceptors (Lipinski definition) is 3. The minimum Gasteiger partial charge on any atom is -0.497 e. The molecule has 1 amide bonds. The van der Waals surface area contributed by atoms with Crippen molar-refractivity contribution < 1.29 is 9.53 Å². The summed E-state index contributed by atoms with van der Waals surface area (Å²) in [5.41, 5.74) is 1.07. The first kappa shape index (κ1) is 14.5. The van der Waals surface area contributed by atoms with Crippen LogP contribution < -0.4 is 15.4 Å². The lowest BCUT2D eigenvalue weighted by atomic mass is 10.1. The number of carbonyl (C=O) groups excluding carboxylic acids is 1. The van der Waals surface area contributed by atoms with Crippen LogP contribution in [0, 0.1) is 5.92 Å². The molecule has 0 saturated heterocycles. The van der Waals surface area contributed by atoms with E-state index >= 15 is 0 Å². The monoisotopic (exact) mass is 250 g/mol. The fourth-order valence-electron chi connectivity index (χ4n) is 1.73. The summed E-state index contributed by atoms with van der Waals surface area (Å²) in [6.07, 6.45) is 0. The topological polar surface area (TPSA) is 50.4 Å². The van der Waals surface area contributed by atoms with Crippen molar-refractivity contribution in [2.45, 2.75) is 19.9 Å². The van der Waals surface area contributed by atoms with Crippen molar-refractivity contribution in [2.24, 2.45) is 5.92 Å². The SMILES string of the molecule is CNCC(C)C(=O)NC(C)c1ccc(OC)cc1. The minimum absolute atomic E-state index is 0.00251. The molecule has 18 heavy (non-hydrogen) atoms. The number of methoxy groups -OCH3 is 1. The summed E-state index contributed by atoms with van der Waals surface area (Å²) >= 11 is 0. The molecule has 2 N–H and O–H groups in total. The molecule has 2 unspecified atom stereocenters. The fourth-order valence-corrected chi connectivity index (χ4v) is 1.73. The number of ether oxygens (including phenoxy) is 1. The maximum atomic E-state index is 11.9. The summed E-state index contributed by atoms with van der Waals surface area (Å²) in [6.45, 7) is 4.57. The largest absolute Gasteiger partial charge is 0.497 e. The highest BCUT2D eigenvalue weighted by molar-refractivity contribution is 5.78. The summed E-state index contributed by atoms with van der Waals surface area (Å²) in [7, 11) is 3.48. The summed E-state index contributed by atoms with van der Waals surface area (Å²) in [5.74, 6) is 0.851. The van der Waals surface area contributed by atoms with Gasteiger partial charge in [-0.25, -0.2) is 0 Å². The van der Waals surface area contributed by atoms with Crippen molar-refractivity contribution in [2.75, 3.05) is 20.7 Å². The van der Waals surface area contributed by atoms with Crippen molar-refractivity contribution in [3.05, 3.63) is 29.8 Å². The molecule has 1 aromatic carbocycles. The molecule has 0 aliphatic heterocycles. The lowest BCUT2D eigenvalue weighted by Gasteiger charge is -2.18. The van der Waals surface area contributed by atoms with E-state index in [0.717, 1.165) is 11.3 Å². The molecule has 0 radical (unpaired) electrons. The molecule has 4 heteroatoms. The average molecular weight is 250 g/mol. The Hall–Kier alpha value is -1.55. The zero-order chi connectivity index (χ0) is 13.5. The fraction of sp³-hybridized carbons (Fsp3) is 0.500. The highest BCUT2D eigenvalue weighted by Gasteiger charge is 2.15. The zero-order valence-electron chi connectivity index (χ0n) is 11.5. The number of benzene rings is 1. The van der Waals surface area contributed by atoms with Crippen molar-refractivity contribution in [3.8, 4) is 5.75 Å². The van der Waals surface area contributed by atoms with Crippen molar-refractivity contribution in [1.29, 1.82) is 0 Å². The Morgan fingerprint density at radius 3 is 2.39 bits per heavy atom. The van der Waals surface area contributed by atoms with E-state index in [4.69, 9.17) is 4.74 Å². The minimum atomic E-state index is -0.0318. The molecule has 0 bridgehead atoms. The van der Waals surface area contributed by atoms with E-state index < -0.39 is 0 Å². The molecule has 0 aliphatic carbocycles. The molecule has 1 aromatic rings. The lowest BCUT2D eigenvalue weighted by Crippen LogP contribution is -2.35. The first-order valence-corrected chi connectivity index (χ1v) is 6.17. The van der Waals surface area contributed by atoms with E-state index in [2.05, 4.69) is 10.6 Å². The molecular formula is C14H22N2O2. The number of nitrogens with one attached hydrogen (secondary N) is 2. The van der Waals surface area contributed by atoms with Gasteiger partial charge in [0.05, 0.1) is 13.2 Å². The predicted molar refractivity (Wildman–Crippen MR) is 72.6 cm³/mol. The maximum Gasteiger partial charge on any atom is 0.224 e. The molecule has 4 nitrogen and oxygen atoms in total. The summed E-state index contributed by atoms with van der Waals surface area (Å²) in [4.78, 5) is 11.9. The molecular weight excluding hydrogens is 228 g/mol. The number of rotatable bonds is 6. The summed E-state index contributed by atoms with van der Waals surface area (Å²) in [6, 6.07) is 7.73. The second kappa shape index (κ2) is 7.01. The van der Waals surface area contributed by atoms with Crippen LogP contribution >= 0.6 is 0 Å². The third kappa shape index (κ3) is 4.04. The number of carbonyl (C=O) groups is 1. The Bertz CT molecular complexity index is 376. The Balaban J connectivity index is 2.58. The zero-order valence-corrected chi connectivity index (χ0v) is 11.5. The van der Waals surface area contributed by atoms with Gasteiger partial charge in [0, 0.05) is 12.5 Å². The van der Waals surface area contributed by atoms with Gasteiger partial charge in [0.25, 0.3) is 0 Å². The van der Waals surface area contributed by atoms with Crippen LogP contribution in [0.1, 0.15) is 25.5 Å². The Morgan fingerprint density at radius 1 is 1.28 bits per heavy atom. The van der Waals surface area contributed by atoms with Crippen LogP contribution in [0.15, 0.2) is 24.3 Å². The van der Waals surface area contributed by atoms with Crippen LogP contribution in [0.2, 0.25) is 0 Å². The van der Waals surface area contributed by atoms with Gasteiger partial charge in [0.15, 0.2) is 0 Å². The van der Waals surface area contributed by atoms with E-state index in [0.29, 0.717) is 6.54 Å². The van der Waals surface area contributed by atoms with Gasteiger partial charge in [-0.05, 0) is 31.7 Å².